The van der Waals surface area contributed by atoms with Crippen molar-refractivity contribution in [3.8, 4) is 0 Å². The first-order valence-corrected chi connectivity index (χ1v) is 6.28. The van der Waals surface area contributed by atoms with Gasteiger partial charge in [0.2, 0.25) is 0 Å². The normalized spacial score (nSPS) is 39.4. The van der Waals surface area contributed by atoms with Crippen LogP contribution in [0.5, 0.6) is 0 Å². The van der Waals surface area contributed by atoms with E-state index in [0.717, 1.165) is 18.0 Å². The molecule has 3 unspecified atom stereocenters. The quantitative estimate of drug-likeness (QED) is 0.741. The molecule has 1 aliphatic heterocycles. The Hall–Kier alpha value is -0.0800. The van der Waals surface area contributed by atoms with E-state index in [1.165, 1.54) is 45.3 Å². The van der Waals surface area contributed by atoms with Gasteiger partial charge in [-0.3, -0.25) is 4.90 Å². The van der Waals surface area contributed by atoms with Gasteiger partial charge in [-0.2, -0.15) is 0 Å². The van der Waals surface area contributed by atoms with Gasteiger partial charge in [-0.25, -0.2) is 0 Å². The average Bonchev–Trinajstić information content (AvgIpc) is 2.89. The maximum atomic E-state index is 3.67. The van der Waals surface area contributed by atoms with Crippen LogP contribution in [0.1, 0.15) is 39.5 Å². The van der Waals surface area contributed by atoms with Gasteiger partial charge in [0.15, 0.2) is 0 Å². The molecule has 1 N–H and O–H groups in total. The van der Waals surface area contributed by atoms with Crippen molar-refractivity contribution in [3.05, 3.63) is 0 Å². The first-order chi connectivity index (χ1) is 6.81. The maximum Gasteiger partial charge on any atom is 0.0195 e. The summed E-state index contributed by atoms with van der Waals surface area (Å²) in [7, 11) is 0. The van der Waals surface area contributed by atoms with Crippen LogP contribution >= 0.6 is 0 Å². The Bertz CT molecular complexity index is 181. The molecule has 0 spiro atoms. The largest absolute Gasteiger partial charge is 0.313 e. The molecule has 1 saturated heterocycles. The van der Waals surface area contributed by atoms with Crippen LogP contribution in [-0.2, 0) is 0 Å². The molecule has 14 heavy (non-hydrogen) atoms. The van der Waals surface area contributed by atoms with E-state index in [2.05, 4.69) is 24.1 Å². The molecule has 2 heteroatoms. The monoisotopic (exact) mass is 196 g/mol. The highest BCUT2D eigenvalue weighted by atomic mass is 15.2. The van der Waals surface area contributed by atoms with Crippen LogP contribution in [0.25, 0.3) is 0 Å². The lowest BCUT2D eigenvalue weighted by molar-refractivity contribution is 0.244. The minimum Gasteiger partial charge on any atom is -0.313 e. The van der Waals surface area contributed by atoms with E-state index >= 15 is 0 Å². The fourth-order valence-corrected chi connectivity index (χ4v) is 2.68. The molecule has 0 aromatic rings. The van der Waals surface area contributed by atoms with E-state index in [1.54, 1.807) is 0 Å². The van der Waals surface area contributed by atoms with Crippen LogP contribution in [0.3, 0.4) is 0 Å². The molecular formula is C12H24N2. The Labute approximate surface area is 88.1 Å². The highest BCUT2D eigenvalue weighted by Crippen LogP contribution is 2.35. The van der Waals surface area contributed by atoms with Crippen molar-refractivity contribution >= 4 is 0 Å². The van der Waals surface area contributed by atoms with Gasteiger partial charge in [-0.05, 0) is 38.3 Å². The molecule has 2 rings (SSSR count). The summed E-state index contributed by atoms with van der Waals surface area (Å²) < 4.78 is 0. The first-order valence-electron chi connectivity index (χ1n) is 6.28. The van der Waals surface area contributed by atoms with Crippen molar-refractivity contribution in [1.82, 2.24) is 10.2 Å². The van der Waals surface area contributed by atoms with E-state index in [9.17, 15) is 0 Å². The molecule has 82 valence electrons. The molecule has 0 aromatic carbocycles. The highest BCUT2D eigenvalue weighted by Gasteiger charge is 2.38. The van der Waals surface area contributed by atoms with Crippen LogP contribution in [0, 0.1) is 5.92 Å². The molecule has 0 bridgehead atoms. The Balaban J connectivity index is 1.84. The Morgan fingerprint density at radius 1 is 1.43 bits per heavy atom. The van der Waals surface area contributed by atoms with Crippen molar-refractivity contribution in [3.63, 3.8) is 0 Å². The van der Waals surface area contributed by atoms with E-state index in [1.807, 2.05) is 0 Å². The minimum absolute atomic E-state index is 0.760. The second-order valence-electron chi connectivity index (χ2n) is 5.07. The van der Waals surface area contributed by atoms with E-state index in [4.69, 9.17) is 0 Å². The van der Waals surface area contributed by atoms with Gasteiger partial charge >= 0.3 is 0 Å². The predicted molar refractivity (Wildman–Crippen MR) is 60.5 cm³/mol. The second kappa shape index (κ2) is 4.63. The van der Waals surface area contributed by atoms with Crippen LogP contribution in [0.2, 0.25) is 0 Å². The van der Waals surface area contributed by atoms with E-state index in [0.29, 0.717) is 0 Å². The second-order valence-corrected chi connectivity index (χ2v) is 5.07. The summed E-state index contributed by atoms with van der Waals surface area (Å²) in [6.07, 6.45) is 5.44. The van der Waals surface area contributed by atoms with Crippen LogP contribution in [0.4, 0.5) is 0 Å². The zero-order chi connectivity index (χ0) is 9.97. The lowest BCUT2D eigenvalue weighted by atomic mass is 10.1. The molecule has 0 aromatic heterocycles. The fourth-order valence-electron chi connectivity index (χ4n) is 2.68. The van der Waals surface area contributed by atoms with E-state index < -0.39 is 0 Å². The molecule has 1 saturated carbocycles. The third-order valence-electron chi connectivity index (χ3n) is 3.68. The van der Waals surface area contributed by atoms with Crippen molar-refractivity contribution in [2.45, 2.75) is 51.6 Å². The van der Waals surface area contributed by atoms with Crippen molar-refractivity contribution in [2.24, 2.45) is 5.92 Å². The van der Waals surface area contributed by atoms with Gasteiger partial charge in [-0.15, -0.1) is 0 Å². The van der Waals surface area contributed by atoms with Gasteiger partial charge in [0.25, 0.3) is 0 Å². The SMILES string of the molecule is CCCC1CN(C2CC2C)CCCN1. The molecule has 0 radical (unpaired) electrons. The van der Waals surface area contributed by atoms with Gasteiger partial charge in [0.1, 0.15) is 0 Å². The Morgan fingerprint density at radius 2 is 2.21 bits per heavy atom. The molecule has 2 aliphatic rings. The average molecular weight is 196 g/mol. The van der Waals surface area contributed by atoms with Gasteiger partial charge in [0, 0.05) is 18.6 Å². The summed E-state index contributed by atoms with van der Waals surface area (Å²) >= 11 is 0. The number of hydrogen-bond donors (Lipinski definition) is 1. The summed E-state index contributed by atoms with van der Waals surface area (Å²) in [6, 6.07) is 1.68. The van der Waals surface area contributed by atoms with Gasteiger partial charge in [0.05, 0.1) is 0 Å². The molecule has 0 amide bonds. The molecule has 3 atom stereocenters. The zero-order valence-corrected chi connectivity index (χ0v) is 9.63. The van der Waals surface area contributed by atoms with Crippen LogP contribution in [-0.4, -0.2) is 36.6 Å². The van der Waals surface area contributed by atoms with Gasteiger partial charge in [-0.1, -0.05) is 20.3 Å². The van der Waals surface area contributed by atoms with Crippen molar-refractivity contribution < 1.29 is 0 Å². The smallest absolute Gasteiger partial charge is 0.0195 e. The summed E-state index contributed by atoms with van der Waals surface area (Å²) in [4.78, 5) is 2.73. The van der Waals surface area contributed by atoms with Crippen LogP contribution < -0.4 is 5.32 Å². The van der Waals surface area contributed by atoms with Crippen molar-refractivity contribution in [2.75, 3.05) is 19.6 Å². The molecule has 2 fully saturated rings. The van der Waals surface area contributed by atoms with E-state index in [-0.39, 0.29) is 0 Å². The third kappa shape index (κ3) is 2.48. The van der Waals surface area contributed by atoms with Gasteiger partial charge < -0.3 is 5.32 Å². The Kier molecular flexibility index (Phi) is 3.45. The first kappa shape index (κ1) is 10.4. The highest BCUT2D eigenvalue weighted by molar-refractivity contribution is 4.94. The fraction of sp³-hybridized carbons (Fsp3) is 1.00. The summed E-state index contributed by atoms with van der Waals surface area (Å²) in [5, 5.41) is 3.67. The lowest BCUT2D eigenvalue weighted by Gasteiger charge is -2.24. The zero-order valence-electron chi connectivity index (χ0n) is 9.63. The number of nitrogens with one attached hydrogen (secondary N) is 1. The Morgan fingerprint density at radius 3 is 2.86 bits per heavy atom. The van der Waals surface area contributed by atoms with Crippen molar-refractivity contribution in [1.29, 1.82) is 0 Å². The maximum absolute atomic E-state index is 3.67. The van der Waals surface area contributed by atoms with Crippen LogP contribution in [0.15, 0.2) is 0 Å². The molecule has 1 aliphatic carbocycles. The number of nitrogens with zero attached hydrogens (tertiary/aromatic N) is 1. The number of rotatable bonds is 3. The standard InChI is InChI=1S/C12H24N2/c1-3-5-11-9-14(7-4-6-13-11)12-8-10(12)2/h10-13H,3-9H2,1-2H3. The molecule has 2 nitrogen and oxygen atoms in total. The molecular weight excluding hydrogens is 172 g/mol. The summed E-state index contributed by atoms with van der Waals surface area (Å²) in [6.45, 7) is 8.52. The predicted octanol–water partition coefficient (Wildman–Crippen LogP) is 1.86. The lowest BCUT2D eigenvalue weighted by Crippen LogP contribution is -2.38. The molecule has 1 heterocycles. The minimum atomic E-state index is 0.760. The summed E-state index contributed by atoms with van der Waals surface area (Å²) in [5.74, 6) is 0.968. The summed E-state index contributed by atoms with van der Waals surface area (Å²) in [5.41, 5.74) is 0. The topological polar surface area (TPSA) is 15.3 Å². The third-order valence-corrected chi connectivity index (χ3v) is 3.68. The number of hydrogen-bond acceptors (Lipinski definition) is 2.